The predicted octanol–water partition coefficient (Wildman–Crippen LogP) is 1.75. The lowest BCUT2D eigenvalue weighted by Gasteiger charge is -2.06. The summed E-state index contributed by atoms with van der Waals surface area (Å²) in [5.41, 5.74) is 6.95. The third-order valence-corrected chi connectivity index (χ3v) is 2.51. The van der Waals surface area contributed by atoms with Crippen LogP contribution in [-0.4, -0.2) is 21.0 Å². The first-order valence-electron chi connectivity index (χ1n) is 5.87. The van der Waals surface area contributed by atoms with Gasteiger partial charge in [-0.25, -0.2) is 4.68 Å². The second-order valence-electron chi connectivity index (χ2n) is 4.17. The van der Waals surface area contributed by atoms with Crippen LogP contribution in [0.1, 0.15) is 45.2 Å². The molecule has 0 saturated carbocycles. The number of unbranched alkanes of at least 4 members (excludes halogenated alkanes) is 1. The summed E-state index contributed by atoms with van der Waals surface area (Å²) in [4.78, 5) is 0. The monoisotopic (exact) mass is 210 g/mol. The van der Waals surface area contributed by atoms with E-state index in [2.05, 4.69) is 17.2 Å². The van der Waals surface area contributed by atoms with Gasteiger partial charge in [0.05, 0.1) is 11.9 Å². The highest BCUT2D eigenvalue weighted by Gasteiger charge is 2.03. The number of nitrogens with two attached hydrogens (primary N) is 1. The number of aromatic nitrogens is 3. The van der Waals surface area contributed by atoms with Crippen LogP contribution in [0.4, 0.5) is 0 Å². The summed E-state index contributed by atoms with van der Waals surface area (Å²) in [6.07, 6.45) is 7.47. The average molecular weight is 210 g/mol. The maximum atomic E-state index is 5.71. The molecule has 1 aromatic rings. The number of hydrogen-bond donors (Lipinski definition) is 1. The molecular formula is C11H22N4. The second-order valence-corrected chi connectivity index (χ2v) is 4.17. The quantitative estimate of drug-likeness (QED) is 0.746. The van der Waals surface area contributed by atoms with E-state index in [1.807, 2.05) is 17.8 Å². The first-order chi connectivity index (χ1) is 7.24. The van der Waals surface area contributed by atoms with Crippen LogP contribution in [0.15, 0.2) is 6.20 Å². The zero-order valence-corrected chi connectivity index (χ0v) is 9.82. The molecule has 0 aliphatic rings. The van der Waals surface area contributed by atoms with Gasteiger partial charge in [0.1, 0.15) is 0 Å². The van der Waals surface area contributed by atoms with E-state index in [9.17, 15) is 0 Å². The second kappa shape index (κ2) is 6.56. The zero-order valence-electron chi connectivity index (χ0n) is 9.82. The number of aryl methyl sites for hydroxylation is 2. The summed E-state index contributed by atoms with van der Waals surface area (Å²) >= 11 is 0. The van der Waals surface area contributed by atoms with Gasteiger partial charge in [-0.3, -0.25) is 0 Å². The molecule has 15 heavy (non-hydrogen) atoms. The first kappa shape index (κ1) is 12.2. The van der Waals surface area contributed by atoms with Crippen LogP contribution in [0.25, 0.3) is 0 Å². The zero-order chi connectivity index (χ0) is 11.1. The van der Waals surface area contributed by atoms with Crippen molar-refractivity contribution in [2.24, 2.45) is 5.73 Å². The first-order valence-corrected chi connectivity index (χ1v) is 5.87. The van der Waals surface area contributed by atoms with Gasteiger partial charge in [-0.2, -0.15) is 0 Å². The Morgan fingerprint density at radius 2 is 2.27 bits per heavy atom. The van der Waals surface area contributed by atoms with Gasteiger partial charge < -0.3 is 5.73 Å². The third kappa shape index (κ3) is 4.42. The van der Waals surface area contributed by atoms with E-state index in [1.54, 1.807) is 0 Å². The van der Waals surface area contributed by atoms with Gasteiger partial charge in [0.25, 0.3) is 0 Å². The molecule has 0 amide bonds. The summed E-state index contributed by atoms with van der Waals surface area (Å²) in [6, 6.07) is 0.296. The van der Waals surface area contributed by atoms with Crippen LogP contribution in [0, 0.1) is 0 Å². The van der Waals surface area contributed by atoms with Crippen molar-refractivity contribution in [3.63, 3.8) is 0 Å². The van der Waals surface area contributed by atoms with Gasteiger partial charge >= 0.3 is 0 Å². The SMILES string of the molecule is CCCCn1nncc1CCCC(C)N. The van der Waals surface area contributed by atoms with Crippen LogP contribution < -0.4 is 5.73 Å². The standard InChI is InChI=1S/C11H22N4/c1-3-4-8-15-11(9-13-14-15)7-5-6-10(2)12/h9-10H,3-8,12H2,1-2H3. The van der Waals surface area contributed by atoms with Crippen LogP contribution >= 0.6 is 0 Å². The molecule has 2 N–H and O–H groups in total. The Morgan fingerprint density at radius 1 is 1.47 bits per heavy atom. The molecule has 1 atom stereocenters. The number of rotatable bonds is 7. The van der Waals surface area contributed by atoms with Crippen molar-refractivity contribution in [2.75, 3.05) is 0 Å². The van der Waals surface area contributed by atoms with E-state index < -0.39 is 0 Å². The fraction of sp³-hybridized carbons (Fsp3) is 0.818. The molecule has 1 aromatic heterocycles. The summed E-state index contributed by atoms with van der Waals surface area (Å²) < 4.78 is 2.02. The van der Waals surface area contributed by atoms with Gasteiger partial charge in [-0.1, -0.05) is 18.6 Å². The van der Waals surface area contributed by atoms with Crippen LogP contribution in [0.3, 0.4) is 0 Å². The maximum absolute atomic E-state index is 5.71. The Hall–Kier alpha value is -0.900. The molecule has 0 fully saturated rings. The minimum atomic E-state index is 0.296. The Bertz CT molecular complexity index is 267. The minimum absolute atomic E-state index is 0.296. The van der Waals surface area contributed by atoms with Gasteiger partial charge in [0.2, 0.25) is 0 Å². The summed E-state index contributed by atoms with van der Waals surface area (Å²) in [5, 5.41) is 8.04. The van der Waals surface area contributed by atoms with Crippen LogP contribution in [-0.2, 0) is 13.0 Å². The molecule has 1 heterocycles. The van der Waals surface area contributed by atoms with E-state index in [4.69, 9.17) is 5.73 Å². The number of hydrogen-bond acceptors (Lipinski definition) is 3. The van der Waals surface area contributed by atoms with E-state index in [-0.39, 0.29) is 0 Å². The lowest BCUT2D eigenvalue weighted by atomic mass is 10.1. The number of nitrogens with zero attached hydrogens (tertiary/aromatic N) is 3. The highest BCUT2D eigenvalue weighted by Crippen LogP contribution is 2.05. The fourth-order valence-corrected chi connectivity index (χ4v) is 1.57. The topological polar surface area (TPSA) is 56.7 Å². The molecule has 0 aliphatic heterocycles. The van der Waals surface area contributed by atoms with Gasteiger partial charge in [-0.15, -0.1) is 5.10 Å². The Kier molecular flexibility index (Phi) is 5.32. The predicted molar refractivity (Wildman–Crippen MR) is 61.5 cm³/mol. The van der Waals surface area contributed by atoms with Gasteiger partial charge in [0.15, 0.2) is 0 Å². The van der Waals surface area contributed by atoms with E-state index in [0.29, 0.717) is 6.04 Å². The summed E-state index contributed by atoms with van der Waals surface area (Å²) in [7, 11) is 0. The lowest BCUT2D eigenvalue weighted by molar-refractivity contribution is 0.521. The molecule has 4 heteroatoms. The van der Waals surface area contributed by atoms with E-state index in [0.717, 1.165) is 25.8 Å². The Labute approximate surface area is 91.9 Å². The Balaban J connectivity index is 2.35. The largest absolute Gasteiger partial charge is 0.328 e. The summed E-state index contributed by atoms with van der Waals surface area (Å²) in [6.45, 7) is 5.23. The average Bonchev–Trinajstić information content (AvgIpc) is 2.62. The smallest absolute Gasteiger partial charge is 0.0725 e. The van der Waals surface area contributed by atoms with Crippen molar-refractivity contribution in [3.05, 3.63) is 11.9 Å². The maximum Gasteiger partial charge on any atom is 0.0725 e. The van der Waals surface area contributed by atoms with Crippen molar-refractivity contribution >= 4 is 0 Å². The molecular weight excluding hydrogens is 188 g/mol. The normalized spacial score (nSPS) is 13.0. The van der Waals surface area contributed by atoms with Crippen molar-refractivity contribution in [3.8, 4) is 0 Å². The molecule has 1 rings (SSSR count). The minimum Gasteiger partial charge on any atom is -0.328 e. The molecule has 0 aromatic carbocycles. The molecule has 0 bridgehead atoms. The van der Waals surface area contributed by atoms with Crippen molar-refractivity contribution in [2.45, 2.75) is 58.5 Å². The summed E-state index contributed by atoms with van der Waals surface area (Å²) in [5.74, 6) is 0. The lowest BCUT2D eigenvalue weighted by Crippen LogP contribution is -2.15. The molecule has 0 radical (unpaired) electrons. The van der Waals surface area contributed by atoms with E-state index >= 15 is 0 Å². The Morgan fingerprint density at radius 3 is 2.93 bits per heavy atom. The van der Waals surface area contributed by atoms with Crippen molar-refractivity contribution < 1.29 is 0 Å². The van der Waals surface area contributed by atoms with Crippen molar-refractivity contribution in [1.82, 2.24) is 15.0 Å². The van der Waals surface area contributed by atoms with Gasteiger partial charge in [-0.05, 0) is 32.6 Å². The fourth-order valence-electron chi connectivity index (χ4n) is 1.57. The highest BCUT2D eigenvalue weighted by atomic mass is 15.4. The van der Waals surface area contributed by atoms with Crippen LogP contribution in [0.2, 0.25) is 0 Å². The third-order valence-electron chi connectivity index (χ3n) is 2.51. The molecule has 1 unspecified atom stereocenters. The molecule has 0 aliphatic carbocycles. The molecule has 0 spiro atoms. The van der Waals surface area contributed by atoms with Crippen molar-refractivity contribution in [1.29, 1.82) is 0 Å². The van der Waals surface area contributed by atoms with E-state index in [1.165, 1.54) is 18.5 Å². The highest BCUT2D eigenvalue weighted by molar-refractivity contribution is 4.94. The van der Waals surface area contributed by atoms with Gasteiger partial charge in [0, 0.05) is 12.6 Å². The molecule has 4 nitrogen and oxygen atoms in total. The molecule has 0 saturated heterocycles. The molecule has 86 valence electrons. The van der Waals surface area contributed by atoms with Crippen LogP contribution in [0.5, 0.6) is 0 Å².